The second-order valence-corrected chi connectivity index (χ2v) is 11.2. The molecule has 1 fully saturated rings. The number of hydrogen-bond donors (Lipinski definition) is 2. The van der Waals surface area contributed by atoms with Gasteiger partial charge < -0.3 is 10.6 Å². The summed E-state index contributed by atoms with van der Waals surface area (Å²) in [5.41, 5.74) is -3.36. The first-order valence-electron chi connectivity index (χ1n) is 10.5. The van der Waals surface area contributed by atoms with Crippen molar-refractivity contribution >= 4 is 50.4 Å². The monoisotopic (exact) mass is 544 g/mol. The second-order valence-electron chi connectivity index (χ2n) is 7.82. The van der Waals surface area contributed by atoms with E-state index in [2.05, 4.69) is 15.6 Å². The third-order valence-electron chi connectivity index (χ3n) is 5.51. The molecular weight excluding hydrogens is 525 g/mol. The van der Waals surface area contributed by atoms with E-state index in [4.69, 9.17) is 11.6 Å². The minimum Gasteiger partial charge on any atom is -0.308 e. The van der Waals surface area contributed by atoms with Gasteiger partial charge in [0.2, 0.25) is 0 Å². The number of piperidine rings is 1. The second kappa shape index (κ2) is 10.1. The van der Waals surface area contributed by atoms with Crippen LogP contribution in [0.4, 0.5) is 29.3 Å². The Morgan fingerprint density at radius 1 is 1.06 bits per heavy atom. The number of benzene rings is 2. The largest absolute Gasteiger partial charge is 0.511 e. The smallest absolute Gasteiger partial charge is 0.308 e. The molecule has 2 amide bonds. The molecule has 13 heteroatoms. The van der Waals surface area contributed by atoms with Crippen molar-refractivity contribution in [1.82, 2.24) is 9.29 Å². The summed E-state index contributed by atoms with van der Waals surface area (Å²) < 4.78 is 62.0. The number of anilines is 2. The quantitative estimate of drug-likeness (QED) is 0.404. The third-order valence-corrected chi connectivity index (χ3v) is 8.68. The normalized spacial score (nSPS) is 15.7. The number of halogens is 4. The number of nitrogens with one attached hydrogen (secondary N) is 2. The molecule has 4 rings (SSSR count). The molecule has 0 radical (unpaired) electrons. The number of nitrogens with zero attached hydrogens (tertiary/aromatic N) is 2. The number of aromatic nitrogens is 1. The van der Waals surface area contributed by atoms with Crippen molar-refractivity contribution < 1.29 is 26.4 Å². The Bertz CT molecular complexity index is 1310. The van der Waals surface area contributed by atoms with E-state index in [1.165, 1.54) is 11.3 Å². The maximum Gasteiger partial charge on any atom is 0.511 e. The van der Waals surface area contributed by atoms with Crippen LogP contribution < -0.4 is 10.6 Å². The zero-order valence-electron chi connectivity index (χ0n) is 18.0. The fourth-order valence-electron chi connectivity index (χ4n) is 3.66. The van der Waals surface area contributed by atoms with Crippen LogP contribution in [0.3, 0.4) is 0 Å². The third kappa shape index (κ3) is 5.77. The highest BCUT2D eigenvalue weighted by Crippen LogP contribution is 2.37. The van der Waals surface area contributed by atoms with Crippen LogP contribution in [-0.2, 0) is 10.0 Å². The van der Waals surface area contributed by atoms with Crippen LogP contribution in [0, 0.1) is 0 Å². The molecule has 3 aromatic rings. The van der Waals surface area contributed by atoms with E-state index >= 15 is 0 Å². The van der Waals surface area contributed by atoms with Gasteiger partial charge in [-0.05, 0) is 42.7 Å². The van der Waals surface area contributed by atoms with Crippen LogP contribution in [-0.4, -0.2) is 42.3 Å². The first kappa shape index (κ1) is 25.4. The van der Waals surface area contributed by atoms with Gasteiger partial charge in [0.15, 0.2) is 0 Å². The zero-order chi connectivity index (χ0) is 25.2. The van der Waals surface area contributed by atoms with Crippen LogP contribution in [0.15, 0.2) is 54.7 Å². The first-order valence-corrected chi connectivity index (χ1v) is 13.1. The van der Waals surface area contributed by atoms with Gasteiger partial charge in [-0.1, -0.05) is 35.9 Å². The molecule has 0 saturated carbocycles. The van der Waals surface area contributed by atoms with E-state index < -0.39 is 21.6 Å². The van der Waals surface area contributed by atoms with E-state index in [0.29, 0.717) is 20.7 Å². The molecule has 1 saturated heterocycles. The van der Waals surface area contributed by atoms with Crippen molar-refractivity contribution in [3.05, 3.63) is 64.8 Å². The van der Waals surface area contributed by atoms with E-state index in [9.17, 15) is 26.4 Å². The number of alkyl halides is 3. The molecule has 1 aliphatic heterocycles. The van der Waals surface area contributed by atoms with Gasteiger partial charge in [-0.15, -0.1) is 11.3 Å². The summed E-state index contributed by atoms with van der Waals surface area (Å²) >= 11 is 7.46. The maximum absolute atomic E-state index is 12.8. The van der Waals surface area contributed by atoms with Gasteiger partial charge in [0.05, 0.1) is 20.6 Å². The number of hydrogen-bond acceptors (Lipinski definition) is 5. The van der Waals surface area contributed by atoms with Gasteiger partial charge in [0.1, 0.15) is 0 Å². The molecule has 2 heterocycles. The number of amides is 2. The summed E-state index contributed by atoms with van der Waals surface area (Å²) in [7, 11) is -5.30. The standard InChI is InChI=1S/C22H20ClF3N4O3S2/c23-17-3-1-2-4-18(17)29-21(31)28-16-7-5-14(6-8-16)19-13-27-20(34-19)15-9-11-30(12-10-15)35(32,33)22(24,25)26/h1-8,13,15H,9-12H2,(H2,28,29,31). The molecule has 0 bridgehead atoms. The van der Waals surface area contributed by atoms with Crippen molar-refractivity contribution in [2.24, 2.45) is 0 Å². The lowest BCUT2D eigenvalue weighted by Crippen LogP contribution is -2.44. The molecule has 1 aromatic heterocycles. The Morgan fingerprint density at radius 3 is 2.34 bits per heavy atom. The van der Waals surface area contributed by atoms with Crippen LogP contribution in [0.25, 0.3) is 10.4 Å². The minimum absolute atomic E-state index is 0.108. The number of sulfonamides is 1. The molecular formula is C22H20ClF3N4O3S2. The Kier molecular flexibility index (Phi) is 7.36. The lowest BCUT2D eigenvalue weighted by atomic mass is 9.99. The minimum atomic E-state index is -5.30. The highest BCUT2D eigenvalue weighted by Gasteiger charge is 2.50. The van der Waals surface area contributed by atoms with E-state index in [0.717, 1.165) is 15.4 Å². The fourth-order valence-corrected chi connectivity index (χ4v) is 5.92. The Balaban J connectivity index is 1.35. The lowest BCUT2D eigenvalue weighted by Gasteiger charge is -2.30. The molecule has 0 unspecified atom stereocenters. The number of thiazole rings is 1. The van der Waals surface area contributed by atoms with Crippen molar-refractivity contribution in [3.8, 4) is 10.4 Å². The van der Waals surface area contributed by atoms with Gasteiger partial charge in [0.25, 0.3) is 0 Å². The summed E-state index contributed by atoms with van der Waals surface area (Å²) in [5, 5.41) is 6.57. The molecule has 35 heavy (non-hydrogen) atoms. The molecule has 7 nitrogen and oxygen atoms in total. The SMILES string of the molecule is O=C(Nc1ccc(-c2cnc(C3CCN(S(=O)(=O)C(F)(F)F)CC3)s2)cc1)Nc1ccccc1Cl. The Labute approximate surface area is 209 Å². The maximum atomic E-state index is 12.8. The number of carbonyl (C=O) groups is 1. The number of rotatable bonds is 5. The average Bonchev–Trinajstić information content (AvgIpc) is 3.31. The van der Waals surface area contributed by atoms with Crippen LogP contribution in [0.2, 0.25) is 5.02 Å². The summed E-state index contributed by atoms with van der Waals surface area (Å²) in [6.45, 7) is -0.393. The van der Waals surface area contributed by atoms with Crippen LogP contribution >= 0.6 is 22.9 Å². The van der Waals surface area contributed by atoms with Crippen LogP contribution in [0.5, 0.6) is 0 Å². The molecule has 2 aromatic carbocycles. The van der Waals surface area contributed by atoms with E-state index in [1.807, 2.05) is 12.1 Å². The Morgan fingerprint density at radius 2 is 1.71 bits per heavy atom. The topological polar surface area (TPSA) is 91.4 Å². The van der Waals surface area contributed by atoms with Crippen molar-refractivity contribution in [2.75, 3.05) is 23.7 Å². The van der Waals surface area contributed by atoms with Crippen molar-refractivity contribution in [2.45, 2.75) is 24.3 Å². The lowest BCUT2D eigenvalue weighted by molar-refractivity contribution is -0.0494. The predicted molar refractivity (Wildman–Crippen MR) is 130 cm³/mol. The van der Waals surface area contributed by atoms with E-state index in [-0.39, 0.29) is 31.8 Å². The van der Waals surface area contributed by atoms with Gasteiger partial charge in [-0.25, -0.2) is 18.2 Å². The Hall–Kier alpha value is -2.67. The molecule has 186 valence electrons. The van der Waals surface area contributed by atoms with Gasteiger partial charge in [-0.3, -0.25) is 0 Å². The summed E-state index contributed by atoms with van der Waals surface area (Å²) in [4.78, 5) is 17.5. The van der Waals surface area contributed by atoms with Crippen molar-refractivity contribution in [1.29, 1.82) is 0 Å². The fraction of sp³-hybridized carbons (Fsp3) is 0.273. The average molecular weight is 545 g/mol. The van der Waals surface area contributed by atoms with Gasteiger partial charge in [-0.2, -0.15) is 17.5 Å². The molecule has 0 aliphatic carbocycles. The zero-order valence-corrected chi connectivity index (χ0v) is 20.4. The highest BCUT2D eigenvalue weighted by molar-refractivity contribution is 7.90. The van der Waals surface area contributed by atoms with E-state index in [1.54, 1.807) is 42.6 Å². The number of urea groups is 1. The number of para-hydroxylation sites is 1. The molecule has 1 aliphatic rings. The van der Waals surface area contributed by atoms with Gasteiger partial charge in [0, 0.05) is 30.9 Å². The first-order chi connectivity index (χ1) is 16.5. The summed E-state index contributed by atoms with van der Waals surface area (Å²) in [6, 6.07) is 13.5. The summed E-state index contributed by atoms with van der Waals surface area (Å²) in [6.07, 6.45) is 2.22. The molecule has 0 spiro atoms. The molecule has 2 N–H and O–H groups in total. The predicted octanol–water partition coefficient (Wildman–Crippen LogP) is 6.14. The summed E-state index contributed by atoms with van der Waals surface area (Å²) in [5.74, 6) is -0.108. The highest BCUT2D eigenvalue weighted by atomic mass is 35.5. The molecule has 0 atom stereocenters. The van der Waals surface area contributed by atoms with Gasteiger partial charge >= 0.3 is 21.6 Å². The van der Waals surface area contributed by atoms with Crippen LogP contribution in [0.1, 0.15) is 23.8 Å². The van der Waals surface area contributed by atoms with Crippen molar-refractivity contribution in [3.63, 3.8) is 0 Å². The number of carbonyl (C=O) groups excluding carboxylic acids is 1.